The highest BCUT2D eigenvalue weighted by molar-refractivity contribution is 5.74. The Morgan fingerprint density at radius 3 is 2.09 bits per heavy atom. The third-order valence-corrected chi connectivity index (χ3v) is 6.73. The maximum Gasteiger partial charge on any atom is 0.365 e. The fourth-order valence-electron chi connectivity index (χ4n) is 4.69. The Kier molecular flexibility index (Phi) is 12.9. The van der Waals surface area contributed by atoms with Crippen molar-refractivity contribution in [3.05, 3.63) is 65.7 Å². The lowest BCUT2D eigenvalue weighted by Gasteiger charge is -2.36. The van der Waals surface area contributed by atoms with Gasteiger partial charge in [-0.3, -0.25) is 0 Å². The molecule has 0 bridgehead atoms. The third kappa shape index (κ3) is 10.9. The molecule has 0 saturated carbocycles. The molecule has 0 saturated heterocycles. The van der Waals surface area contributed by atoms with Gasteiger partial charge in [-0.15, -0.1) is 0 Å². The van der Waals surface area contributed by atoms with Crippen LogP contribution >= 0.6 is 0 Å². The number of rotatable bonds is 17. The van der Waals surface area contributed by atoms with Crippen molar-refractivity contribution in [2.45, 2.75) is 97.2 Å². The van der Waals surface area contributed by atoms with E-state index in [1.54, 1.807) is 0 Å². The van der Waals surface area contributed by atoms with Crippen molar-refractivity contribution in [3.63, 3.8) is 0 Å². The molecule has 35 heavy (non-hydrogen) atoms. The highest BCUT2D eigenvalue weighted by atomic mass is 16.6. The second-order valence-corrected chi connectivity index (χ2v) is 10.4. The van der Waals surface area contributed by atoms with Crippen molar-refractivity contribution in [1.29, 1.82) is 0 Å². The Morgan fingerprint density at radius 2 is 1.46 bits per heavy atom. The first-order valence-electron chi connectivity index (χ1n) is 13.6. The van der Waals surface area contributed by atoms with Crippen LogP contribution in [0.15, 0.2) is 54.6 Å². The van der Waals surface area contributed by atoms with Crippen molar-refractivity contribution in [3.8, 4) is 5.75 Å². The maximum atomic E-state index is 12.9. The van der Waals surface area contributed by atoms with Gasteiger partial charge in [0.15, 0.2) is 6.04 Å². The van der Waals surface area contributed by atoms with Crippen LogP contribution in [0.25, 0.3) is 0 Å². The number of aryl methyl sites for hydroxylation is 1. The van der Waals surface area contributed by atoms with Crippen LogP contribution in [0.1, 0.15) is 83.3 Å². The number of unbranched alkanes of at least 4 members (excludes halogenated alkanes) is 6. The Hall–Kier alpha value is -2.33. The average Bonchev–Trinajstić information content (AvgIpc) is 2.84. The van der Waals surface area contributed by atoms with Crippen LogP contribution in [0.2, 0.25) is 0 Å². The number of carbonyl (C=O) groups excluding carboxylic acids is 1. The Bertz CT molecular complexity index is 832. The Morgan fingerprint density at radius 1 is 0.829 bits per heavy atom. The van der Waals surface area contributed by atoms with Gasteiger partial charge in [0.05, 0.1) is 14.1 Å². The second-order valence-electron chi connectivity index (χ2n) is 10.4. The van der Waals surface area contributed by atoms with E-state index in [4.69, 9.17) is 9.47 Å². The summed E-state index contributed by atoms with van der Waals surface area (Å²) >= 11 is 0. The van der Waals surface area contributed by atoms with E-state index < -0.39 is 0 Å². The van der Waals surface area contributed by atoms with Gasteiger partial charge < -0.3 is 14.0 Å². The molecule has 2 aromatic carbocycles. The topological polar surface area (TPSA) is 35.5 Å². The number of carbonyl (C=O) groups is 1. The van der Waals surface area contributed by atoms with Crippen molar-refractivity contribution >= 4 is 5.97 Å². The zero-order valence-corrected chi connectivity index (χ0v) is 22.8. The zero-order valence-electron chi connectivity index (χ0n) is 22.8. The normalized spacial score (nSPS) is 13.3. The van der Waals surface area contributed by atoms with Gasteiger partial charge in [-0.25, -0.2) is 4.79 Å². The zero-order chi connectivity index (χ0) is 25.5. The molecule has 194 valence electrons. The summed E-state index contributed by atoms with van der Waals surface area (Å²) in [7, 11) is 4.19. The average molecular weight is 483 g/mol. The summed E-state index contributed by atoms with van der Waals surface area (Å²) in [6.07, 6.45) is 11.0. The van der Waals surface area contributed by atoms with E-state index in [2.05, 4.69) is 45.3 Å². The van der Waals surface area contributed by atoms with E-state index in [1.807, 2.05) is 44.2 Å². The third-order valence-electron chi connectivity index (χ3n) is 6.73. The molecule has 0 aliphatic carbocycles. The predicted molar refractivity (Wildman–Crippen MR) is 146 cm³/mol. The molecular formula is C31H48NO3+. The van der Waals surface area contributed by atoms with Gasteiger partial charge in [0.1, 0.15) is 25.0 Å². The van der Waals surface area contributed by atoms with Crippen molar-refractivity contribution in [2.75, 3.05) is 20.7 Å². The van der Waals surface area contributed by atoms with E-state index in [-0.39, 0.29) is 24.7 Å². The van der Waals surface area contributed by atoms with Gasteiger partial charge in [0.2, 0.25) is 0 Å². The highest BCUT2D eigenvalue weighted by Gasteiger charge is 2.35. The molecule has 4 nitrogen and oxygen atoms in total. The molecule has 0 amide bonds. The number of benzene rings is 2. The van der Waals surface area contributed by atoms with E-state index in [0.29, 0.717) is 4.48 Å². The molecule has 0 heterocycles. The Balaban J connectivity index is 1.73. The molecule has 2 atom stereocenters. The lowest BCUT2D eigenvalue weighted by molar-refractivity contribution is -0.919. The Labute approximate surface area is 214 Å². The van der Waals surface area contributed by atoms with Gasteiger partial charge in [0.25, 0.3) is 0 Å². The molecular weight excluding hydrogens is 434 g/mol. The first-order chi connectivity index (χ1) is 16.9. The minimum Gasteiger partial charge on any atom is -0.487 e. The van der Waals surface area contributed by atoms with E-state index >= 15 is 0 Å². The van der Waals surface area contributed by atoms with E-state index in [0.717, 1.165) is 25.1 Å². The molecule has 2 aromatic rings. The van der Waals surface area contributed by atoms with Crippen LogP contribution < -0.4 is 4.74 Å². The molecule has 2 rings (SSSR count). The van der Waals surface area contributed by atoms with Crippen molar-refractivity contribution < 1.29 is 18.8 Å². The fourth-order valence-corrected chi connectivity index (χ4v) is 4.69. The lowest BCUT2D eigenvalue weighted by Crippen LogP contribution is -2.52. The molecule has 2 unspecified atom stereocenters. The summed E-state index contributed by atoms with van der Waals surface area (Å²) in [5.74, 6) is 0.665. The van der Waals surface area contributed by atoms with Crippen LogP contribution in [-0.4, -0.2) is 43.3 Å². The van der Waals surface area contributed by atoms with Gasteiger partial charge >= 0.3 is 5.97 Å². The summed E-state index contributed by atoms with van der Waals surface area (Å²) in [5.41, 5.74) is 2.57. The molecule has 0 aromatic heterocycles. The van der Waals surface area contributed by atoms with Crippen LogP contribution in [0.3, 0.4) is 0 Å². The number of hydrogen-bond acceptors (Lipinski definition) is 3. The molecule has 0 radical (unpaired) electrons. The SMILES string of the molecule is CCCCCCCCCc1ccc(OC(C)COC(=O)C(CC)[N+](C)(C)Cc2ccccc2)cc1. The summed E-state index contributed by atoms with van der Waals surface area (Å²) in [6, 6.07) is 18.5. The standard InChI is InChI=1S/C31H48NO3/c1-6-8-9-10-11-12-14-17-27-20-22-29(23-21-27)35-26(3)25-34-31(33)30(7-2)32(4,5)24-28-18-15-13-16-19-28/h13,15-16,18-23,26,30H,6-12,14,17,24-25H2,1-5H3/q+1. The molecule has 0 spiro atoms. The number of likely N-dealkylation sites (N-methyl/N-ethyl adjacent to an activating group) is 1. The largest absolute Gasteiger partial charge is 0.487 e. The fraction of sp³-hybridized carbons (Fsp3) is 0.581. The van der Waals surface area contributed by atoms with Crippen molar-refractivity contribution in [1.82, 2.24) is 0 Å². The summed E-state index contributed by atoms with van der Waals surface area (Å²) in [6.45, 7) is 7.29. The second kappa shape index (κ2) is 15.6. The van der Waals surface area contributed by atoms with Crippen LogP contribution in [0.5, 0.6) is 5.75 Å². The minimum absolute atomic E-state index is 0.158. The van der Waals surface area contributed by atoms with E-state index in [1.165, 1.54) is 56.1 Å². The summed E-state index contributed by atoms with van der Waals surface area (Å²) in [5, 5.41) is 0. The van der Waals surface area contributed by atoms with Gasteiger partial charge in [-0.2, -0.15) is 0 Å². The lowest BCUT2D eigenvalue weighted by atomic mass is 10.0. The van der Waals surface area contributed by atoms with Crippen LogP contribution in [0, 0.1) is 0 Å². The molecule has 0 aliphatic rings. The van der Waals surface area contributed by atoms with Crippen molar-refractivity contribution in [2.24, 2.45) is 0 Å². The highest BCUT2D eigenvalue weighted by Crippen LogP contribution is 2.19. The molecule has 0 N–H and O–H groups in total. The number of esters is 1. The summed E-state index contributed by atoms with van der Waals surface area (Å²) in [4.78, 5) is 12.9. The van der Waals surface area contributed by atoms with Crippen LogP contribution in [-0.2, 0) is 22.5 Å². The molecule has 4 heteroatoms. The number of nitrogens with zero attached hydrogens (tertiary/aromatic N) is 1. The van der Waals surface area contributed by atoms with Gasteiger partial charge in [-0.05, 0) is 37.5 Å². The van der Waals surface area contributed by atoms with Gasteiger partial charge in [0, 0.05) is 12.0 Å². The first kappa shape index (κ1) is 28.9. The monoisotopic (exact) mass is 482 g/mol. The number of quaternary nitrogens is 1. The van der Waals surface area contributed by atoms with Crippen LogP contribution in [0.4, 0.5) is 0 Å². The van der Waals surface area contributed by atoms with E-state index in [9.17, 15) is 4.79 Å². The quantitative estimate of drug-likeness (QED) is 0.134. The number of hydrogen-bond donors (Lipinski definition) is 0. The minimum atomic E-state index is -0.215. The summed E-state index contributed by atoms with van der Waals surface area (Å²) < 4.78 is 12.3. The molecule has 0 aliphatic heterocycles. The predicted octanol–water partition coefficient (Wildman–Crippen LogP) is 7.35. The molecule has 0 fully saturated rings. The number of ether oxygens (including phenoxy) is 2. The maximum absolute atomic E-state index is 12.9. The van der Waals surface area contributed by atoms with Gasteiger partial charge in [-0.1, -0.05) is 94.8 Å². The first-order valence-corrected chi connectivity index (χ1v) is 13.6. The smallest absolute Gasteiger partial charge is 0.365 e.